The summed E-state index contributed by atoms with van der Waals surface area (Å²) < 4.78 is 43.0. The molecule has 0 amide bonds. The van der Waals surface area contributed by atoms with Crippen LogP contribution in [0.4, 0.5) is 13.2 Å². The number of para-hydroxylation sites is 1. The number of halogens is 3. The number of benzene rings is 2. The smallest absolute Gasteiger partial charge is 0.416 e. The maximum atomic E-state index is 12.6. The van der Waals surface area contributed by atoms with E-state index in [1.807, 2.05) is 0 Å². The Labute approximate surface area is 108 Å². The molecular weight excluding hydrogens is 257 g/mol. The zero-order valence-corrected chi connectivity index (χ0v) is 9.82. The van der Waals surface area contributed by atoms with E-state index >= 15 is 0 Å². The number of rotatable bonds is 3. The lowest BCUT2D eigenvalue weighted by Gasteiger charge is -2.11. The molecule has 0 heterocycles. The summed E-state index contributed by atoms with van der Waals surface area (Å²) in [6.45, 7) is -0.241. The molecule has 0 aliphatic rings. The van der Waals surface area contributed by atoms with Crippen LogP contribution in [0.25, 0.3) is 0 Å². The minimum atomic E-state index is -4.41. The van der Waals surface area contributed by atoms with Crippen LogP contribution >= 0.6 is 0 Å². The van der Waals surface area contributed by atoms with Crippen LogP contribution in [-0.2, 0) is 12.8 Å². The average molecular weight is 268 g/mol. The van der Waals surface area contributed by atoms with Crippen molar-refractivity contribution in [2.24, 2.45) is 0 Å². The van der Waals surface area contributed by atoms with Gasteiger partial charge < -0.3 is 9.84 Å². The summed E-state index contributed by atoms with van der Waals surface area (Å²) in [5, 5.41) is 9.12. The molecule has 2 nitrogen and oxygen atoms in total. The second kappa shape index (κ2) is 5.32. The largest absolute Gasteiger partial charge is 0.457 e. The van der Waals surface area contributed by atoms with Gasteiger partial charge in [0.15, 0.2) is 0 Å². The van der Waals surface area contributed by atoms with E-state index < -0.39 is 11.7 Å². The minimum absolute atomic E-state index is 0.0794. The summed E-state index contributed by atoms with van der Waals surface area (Å²) in [6.07, 6.45) is -4.41. The average Bonchev–Trinajstić information content (AvgIpc) is 2.39. The minimum Gasteiger partial charge on any atom is -0.457 e. The Morgan fingerprint density at radius 2 is 1.74 bits per heavy atom. The van der Waals surface area contributed by atoms with E-state index in [9.17, 15) is 13.2 Å². The fourth-order valence-electron chi connectivity index (χ4n) is 1.60. The first kappa shape index (κ1) is 13.4. The first-order valence-electron chi connectivity index (χ1n) is 5.54. The quantitative estimate of drug-likeness (QED) is 0.912. The highest BCUT2D eigenvalue weighted by Crippen LogP contribution is 2.33. The van der Waals surface area contributed by atoms with Crippen molar-refractivity contribution in [3.05, 3.63) is 59.7 Å². The maximum absolute atomic E-state index is 12.6. The number of alkyl halides is 3. The molecule has 0 radical (unpaired) electrons. The standard InChI is InChI=1S/C14H11F3O2/c15-14(16,17)11-5-3-6-12(8-11)19-13-7-2-1-4-10(13)9-18/h1-8,18H,9H2. The van der Waals surface area contributed by atoms with E-state index in [1.165, 1.54) is 12.1 Å². The highest BCUT2D eigenvalue weighted by molar-refractivity contribution is 5.39. The van der Waals surface area contributed by atoms with Gasteiger partial charge in [0.05, 0.1) is 12.2 Å². The van der Waals surface area contributed by atoms with Crippen LogP contribution in [0.1, 0.15) is 11.1 Å². The number of hydrogen-bond donors (Lipinski definition) is 1. The van der Waals surface area contributed by atoms with Crippen molar-refractivity contribution in [3.63, 3.8) is 0 Å². The fourth-order valence-corrected chi connectivity index (χ4v) is 1.60. The summed E-state index contributed by atoms with van der Waals surface area (Å²) in [6, 6.07) is 11.2. The molecule has 0 aliphatic carbocycles. The van der Waals surface area contributed by atoms with Crippen LogP contribution in [0.15, 0.2) is 48.5 Å². The van der Waals surface area contributed by atoms with Gasteiger partial charge in [0, 0.05) is 5.56 Å². The molecule has 2 rings (SSSR count). The van der Waals surface area contributed by atoms with Crippen LogP contribution in [-0.4, -0.2) is 5.11 Å². The Bertz CT molecular complexity index is 565. The molecular formula is C14H11F3O2. The van der Waals surface area contributed by atoms with Gasteiger partial charge in [-0.1, -0.05) is 24.3 Å². The molecule has 0 bridgehead atoms. The normalized spacial score (nSPS) is 11.4. The molecule has 5 heteroatoms. The third-order valence-electron chi connectivity index (χ3n) is 2.53. The maximum Gasteiger partial charge on any atom is 0.416 e. The summed E-state index contributed by atoms with van der Waals surface area (Å²) in [5.41, 5.74) is -0.258. The van der Waals surface area contributed by atoms with Gasteiger partial charge in [-0.05, 0) is 24.3 Å². The third kappa shape index (κ3) is 3.26. The van der Waals surface area contributed by atoms with E-state index in [0.29, 0.717) is 11.3 Å². The first-order chi connectivity index (χ1) is 9.00. The van der Waals surface area contributed by atoms with Gasteiger partial charge in [-0.15, -0.1) is 0 Å². The van der Waals surface area contributed by atoms with Gasteiger partial charge in [-0.25, -0.2) is 0 Å². The van der Waals surface area contributed by atoms with Crippen molar-refractivity contribution < 1.29 is 23.0 Å². The topological polar surface area (TPSA) is 29.5 Å². The Morgan fingerprint density at radius 3 is 2.42 bits per heavy atom. The van der Waals surface area contributed by atoms with E-state index in [2.05, 4.69) is 0 Å². The second-order valence-electron chi connectivity index (χ2n) is 3.89. The molecule has 0 spiro atoms. The van der Waals surface area contributed by atoms with Crippen molar-refractivity contribution in [3.8, 4) is 11.5 Å². The molecule has 19 heavy (non-hydrogen) atoms. The molecule has 0 saturated heterocycles. The second-order valence-corrected chi connectivity index (χ2v) is 3.89. The van der Waals surface area contributed by atoms with Gasteiger partial charge >= 0.3 is 6.18 Å². The van der Waals surface area contributed by atoms with Crippen LogP contribution in [0.5, 0.6) is 11.5 Å². The third-order valence-corrected chi connectivity index (χ3v) is 2.53. The lowest BCUT2D eigenvalue weighted by Crippen LogP contribution is -2.04. The number of aliphatic hydroxyl groups is 1. The van der Waals surface area contributed by atoms with Crippen molar-refractivity contribution in [1.29, 1.82) is 0 Å². The first-order valence-corrected chi connectivity index (χ1v) is 5.54. The summed E-state index contributed by atoms with van der Waals surface area (Å²) >= 11 is 0. The lowest BCUT2D eigenvalue weighted by atomic mass is 10.2. The summed E-state index contributed by atoms with van der Waals surface area (Å²) in [7, 11) is 0. The van der Waals surface area contributed by atoms with E-state index in [-0.39, 0.29) is 12.4 Å². The number of ether oxygens (including phenoxy) is 1. The van der Waals surface area contributed by atoms with E-state index in [1.54, 1.807) is 24.3 Å². The van der Waals surface area contributed by atoms with Crippen molar-refractivity contribution >= 4 is 0 Å². The van der Waals surface area contributed by atoms with E-state index in [0.717, 1.165) is 12.1 Å². The molecule has 1 N–H and O–H groups in total. The van der Waals surface area contributed by atoms with Gasteiger partial charge in [0.1, 0.15) is 11.5 Å². The van der Waals surface area contributed by atoms with Gasteiger partial charge in [0.2, 0.25) is 0 Å². The lowest BCUT2D eigenvalue weighted by molar-refractivity contribution is -0.137. The van der Waals surface area contributed by atoms with Crippen molar-refractivity contribution in [2.45, 2.75) is 12.8 Å². The van der Waals surface area contributed by atoms with Crippen LogP contribution < -0.4 is 4.74 Å². The number of aliphatic hydroxyl groups excluding tert-OH is 1. The molecule has 0 aromatic heterocycles. The zero-order chi connectivity index (χ0) is 13.9. The Balaban J connectivity index is 2.29. The molecule has 0 unspecified atom stereocenters. The van der Waals surface area contributed by atoms with Gasteiger partial charge in [-0.2, -0.15) is 13.2 Å². The van der Waals surface area contributed by atoms with E-state index in [4.69, 9.17) is 9.84 Å². The predicted molar refractivity (Wildman–Crippen MR) is 63.9 cm³/mol. The molecule has 0 aliphatic heterocycles. The SMILES string of the molecule is OCc1ccccc1Oc1cccc(C(F)(F)F)c1. The highest BCUT2D eigenvalue weighted by atomic mass is 19.4. The Morgan fingerprint density at radius 1 is 1.00 bits per heavy atom. The zero-order valence-electron chi connectivity index (χ0n) is 9.82. The van der Waals surface area contributed by atoms with Crippen molar-refractivity contribution in [1.82, 2.24) is 0 Å². The molecule has 100 valence electrons. The van der Waals surface area contributed by atoms with Gasteiger partial charge in [0.25, 0.3) is 0 Å². The van der Waals surface area contributed by atoms with Crippen LogP contribution in [0, 0.1) is 0 Å². The molecule has 0 fully saturated rings. The molecule has 0 atom stereocenters. The Hall–Kier alpha value is -2.01. The van der Waals surface area contributed by atoms with Gasteiger partial charge in [-0.3, -0.25) is 0 Å². The molecule has 2 aromatic carbocycles. The predicted octanol–water partition coefficient (Wildman–Crippen LogP) is 3.99. The highest BCUT2D eigenvalue weighted by Gasteiger charge is 2.30. The monoisotopic (exact) mass is 268 g/mol. The summed E-state index contributed by atoms with van der Waals surface area (Å²) in [5.74, 6) is 0.417. The molecule has 2 aromatic rings. The van der Waals surface area contributed by atoms with Crippen LogP contribution in [0.2, 0.25) is 0 Å². The van der Waals surface area contributed by atoms with Crippen molar-refractivity contribution in [2.75, 3.05) is 0 Å². The van der Waals surface area contributed by atoms with Crippen LogP contribution in [0.3, 0.4) is 0 Å². The Kier molecular flexibility index (Phi) is 3.76. The fraction of sp³-hybridized carbons (Fsp3) is 0.143. The molecule has 0 saturated carbocycles. The summed E-state index contributed by atoms with van der Waals surface area (Å²) in [4.78, 5) is 0. The number of hydrogen-bond acceptors (Lipinski definition) is 2.